The summed E-state index contributed by atoms with van der Waals surface area (Å²) in [7, 11) is 1.99. The molecule has 0 amide bonds. The fraction of sp³-hybridized carbons (Fsp3) is 1.00. The Kier molecular flexibility index (Phi) is 5.32. The van der Waals surface area contributed by atoms with Crippen molar-refractivity contribution in [3.8, 4) is 0 Å². The summed E-state index contributed by atoms with van der Waals surface area (Å²) in [5, 5.41) is 3.21. The van der Waals surface area contributed by atoms with Crippen molar-refractivity contribution in [1.82, 2.24) is 10.2 Å². The van der Waals surface area contributed by atoms with Crippen LogP contribution in [0.5, 0.6) is 0 Å². The number of piperidine rings is 1. The molecule has 0 spiro atoms. The highest BCUT2D eigenvalue weighted by atomic mass is 19.1. The first-order chi connectivity index (χ1) is 6.38. The van der Waals surface area contributed by atoms with E-state index < -0.39 is 0 Å². The number of nitrogens with zero attached hydrogens (tertiary/aromatic N) is 1. The lowest BCUT2D eigenvalue weighted by atomic mass is 10.0. The first kappa shape index (κ1) is 10.9. The van der Waals surface area contributed by atoms with Crippen molar-refractivity contribution < 1.29 is 4.39 Å². The van der Waals surface area contributed by atoms with Crippen molar-refractivity contribution in [2.45, 2.75) is 31.7 Å². The lowest BCUT2D eigenvalue weighted by Crippen LogP contribution is -2.45. The predicted octanol–water partition coefficient (Wildman–Crippen LogP) is 1.42. The third-order valence-electron chi connectivity index (χ3n) is 2.77. The van der Waals surface area contributed by atoms with E-state index in [-0.39, 0.29) is 6.67 Å². The Hall–Kier alpha value is -0.150. The molecule has 0 aliphatic carbocycles. The van der Waals surface area contributed by atoms with E-state index in [4.69, 9.17) is 0 Å². The van der Waals surface area contributed by atoms with Crippen LogP contribution >= 0.6 is 0 Å². The highest BCUT2D eigenvalue weighted by Crippen LogP contribution is 2.16. The minimum absolute atomic E-state index is 0.178. The summed E-state index contributed by atoms with van der Waals surface area (Å²) in [5.41, 5.74) is 0. The zero-order valence-corrected chi connectivity index (χ0v) is 8.56. The molecular formula is C10H21FN2. The Morgan fingerprint density at radius 1 is 1.46 bits per heavy atom. The van der Waals surface area contributed by atoms with Crippen molar-refractivity contribution in [2.24, 2.45) is 0 Å². The standard InChI is InChI=1S/C10H21FN2/c1-12-9-10-5-2-3-7-13(10)8-4-6-11/h10,12H,2-9H2,1H3. The summed E-state index contributed by atoms with van der Waals surface area (Å²) in [6, 6.07) is 0.644. The second kappa shape index (κ2) is 6.33. The maximum Gasteiger partial charge on any atom is 0.0906 e. The predicted molar refractivity (Wildman–Crippen MR) is 53.7 cm³/mol. The van der Waals surface area contributed by atoms with Gasteiger partial charge >= 0.3 is 0 Å². The van der Waals surface area contributed by atoms with Crippen LogP contribution in [0, 0.1) is 0 Å². The van der Waals surface area contributed by atoms with Crippen LogP contribution in [0.2, 0.25) is 0 Å². The third-order valence-corrected chi connectivity index (χ3v) is 2.77. The molecule has 0 saturated carbocycles. The van der Waals surface area contributed by atoms with Gasteiger partial charge in [-0.25, -0.2) is 0 Å². The molecule has 0 aromatic heterocycles. The quantitative estimate of drug-likeness (QED) is 0.702. The fourth-order valence-electron chi connectivity index (χ4n) is 2.08. The molecule has 13 heavy (non-hydrogen) atoms. The van der Waals surface area contributed by atoms with Crippen molar-refractivity contribution in [2.75, 3.05) is 33.4 Å². The van der Waals surface area contributed by atoms with Crippen LogP contribution < -0.4 is 5.32 Å². The Morgan fingerprint density at radius 2 is 2.31 bits per heavy atom. The number of alkyl halides is 1. The number of rotatable bonds is 5. The van der Waals surface area contributed by atoms with Crippen molar-refractivity contribution in [3.05, 3.63) is 0 Å². The van der Waals surface area contributed by atoms with Gasteiger partial charge in [0.2, 0.25) is 0 Å². The van der Waals surface area contributed by atoms with E-state index in [9.17, 15) is 4.39 Å². The van der Waals surface area contributed by atoms with E-state index in [2.05, 4.69) is 10.2 Å². The molecule has 0 radical (unpaired) electrons. The molecule has 0 aromatic carbocycles. The van der Waals surface area contributed by atoms with Gasteiger partial charge in [0.25, 0.3) is 0 Å². The van der Waals surface area contributed by atoms with Crippen molar-refractivity contribution >= 4 is 0 Å². The van der Waals surface area contributed by atoms with Gasteiger partial charge < -0.3 is 5.32 Å². The van der Waals surface area contributed by atoms with Crippen LogP contribution in [0.15, 0.2) is 0 Å². The molecule has 2 nitrogen and oxygen atoms in total. The highest BCUT2D eigenvalue weighted by Gasteiger charge is 2.20. The van der Waals surface area contributed by atoms with Crippen LogP contribution in [-0.2, 0) is 0 Å². The molecule has 1 aliphatic rings. The van der Waals surface area contributed by atoms with E-state index in [0.29, 0.717) is 12.5 Å². The largest absolute Gasteiger partial charge is 0.318 e. The van der Waals surface area contributed by atoms with Gasteiger partial charge in [0.05, 0.1) is 6.67 Å². The normalized spacial score (nSPS) is 24.9. The first-order valence-electron chi connectivity index (χ1n) is 5.33. The van der Waals surface area contributed by atoms with Crippen molar-refractivity contribution in [3.63, 3.8) is 0 Å². The number of nitrogens with one attached hydrogen (secondary N) is 1. The Morgan fingerprint density at radius 3 is 3.00 bits per heavy atom. The number of halogens is 1. The smallest absolute Gasteiger partial charge is 0.0906 e. The Balaban J connectivity index is 2.28. The van der Waals surface area contributed by atoms with Gasteiger partial charge in [0, 0.05) is 19.1 Å². The van der Waals surface area contributed by atoms with Gasteiger partial charge in [-0.05, 0) is 32.9 Å². The Bertz CT molecular complexity index is 128. The van der Waals surface area contributed by atoms with Gasteiger partial charge in [0.15, 0.2) is 0 Å². The summed E-state index contributed by atoms with van der Waals surface area (Å²) in [5.74, 6) is 0. The Labute approximate surface area is 80.5 Å². The number of likely N-dealkylation sites (N-methyl/N-ethyl adjacent to an activating group) is 1. The molecule has 1 rings (SSSR count). The minimum Gasteiger partial charge on any atom is -0.318 e. The van der Waals surface area contributed by atoms with Crippen LogP contribution in [0.3, 0.4) is 0 Å². The molecule has 1 N–H and O–H groups in total. The lowest BCUT2D eigenvalue weighted by molar-refractivity contribution is 0.142. The summed E-state index contributed by atoms with van der Waals surface area (Å²) in [6.07, 6.45) is 4.58. The van der Waals surface area contributed by atoms with Gasteiger partial charge in [-0.15, -0.1) is 0 Å². The first-order valence-corrected chi connectivity index (χ1v) is 5.33. The van der Waals surface area contributed by atoms with Gasteiger partial charge in [0.1, 0.15) is 0 Å². The third kappa shape index (κ3) is 3.61. The van der Waals surface area contributed by atoms with Crippen LogP contribution in [0.25, 0.3) is 0 Å². The van der Waals surface area contributed by atoms with Crippen molar-refractivity contribution in [1.29, 1.82) is 0 Å². The van der Waals surface area contributed by atoms with Gasteiger partial charge in [-0.1, -0.05) is 6.42 Å². The van der Waals surface area contributed by atoms with Gasteiger partial charge in [-0.3, -0.25) is 9.29 Å². The van der Waals surface area contributed by atoms with Crippen LogP contribution in [0.4, 0.5) is 4.39 Å². The number of likely N-dealkylation sites (tertiary alicyclic amines) is 1. The highest BCUT2D eigenvalue weighted by molar-refractivity contribution is 4.77. The van der Waals surface area contributed by atoms with E-state index in [1.807, 2.05) is 7.05 Å². The minimum atomic E-state index is -0.178. The maximum absolute atomic E-state index is 12.0. The molecule has 1 atom stereocenters. The molecule has 1 unspecified atom stereocenters. The molecule has 78 valence electrons. The van der Waals surface area contributed by atoms with E-state index in [1.54, 1.807) is 0 Å². The number of hydrogen-bond donors (Lipinski definition) is 1. The summed E-state index contributed by atoms with van der Waals surface area (Å²) in [6.45, 7) is 2.96. The zero-order valence-electron chi connectivity index (χ0n) is 8.56. The van der Waals surface area contributed by atoms with Crippen LogP contribution in [0.1, 0.15) is 25.7 Å². The summed E-state index contributed by atoms with van der Waals surface area (Å²) < 4.78 is 12.0. The molecule has 1 heterocycles. The maximum atomic E-state index is 12.0. The SMILES string of the molecule is CNCC1CCCCN1CCCF. The molecule has 3 heteroatoms. The fourth-order valence-corrected chi connectivity index (χ4v) is 2.08. The summed E-state index contributed by atoms with van der Waals surface area (Å²) in [4.78, 5) is 2.43. The molecule has 1 aliphatic heterocycles. The number of hydrogen-bond acceptors (Lipinski definition) is 2. The average molecular weight is 188 g/mol. The topological polar surface area (TPSA) is 15.3 Å². The lowest BCUT2D eigenvalue weighted by Gasteiger charge is -2.35. The average Bonchev–Trinajstić information content (AvgIpc) is 2.17. The molecule has 0 bridgehead atoms. The molecule has 1 saturated heterocycles. The zero-order chi connectivity index (χ0) is 9.52. The van der Waals surface area contributed by atoms with E-state index in [1.165, 1.54) is 19.3 Å². The van der Waals surface area contributed by atoms with Crippen LogP contribution in [-0.4, -0.2) is 44.3 Å². The van der Waals surface area contributed by atoms with Gasteiger partial charge in [-0.2, -0.15) is 0 Å². The molecular weight excluding hydrogens is 167 g/mol. The second-order valence-electron chi connectivity index (χ2n) is 3.79. The molecule has 1 fully saturated rings. The monoisotopic (exact) mass is 188 g/mol. The molecule has 0 aromatic rings. The van der Waals surface area contributed by atoms with E-state index in [0.717, 1.165) is 19.6 Å². The second-order valence-corrected chi connectivity index (χ2v) is 3.79. The van der Waals surface area contributed by atoms with E-state index >= 15 is 0 Å². The summed E-state index contributed by atoms with van der Waals surface area (Å²) >= 11 is 0.